The van der Waals surface area contributed by atoms with Gasteiger partial charge in [-0.25, -0.2) is 9.59 Å². The molecule has 1 unspecified atom stereocenters. The first-order valence-electron chi connectivity index (χ1n) is 7.52. The van der Waals surface area contributed by atoms with Crippen molar-refractivity contribution in [1.82, 2.24) is 5.32 Å². The van der Waals surface area contributed by atoms with E-state index in [2.05, 4.69) is 9.47 Å². The lowest BCUT2D eigenvalue weighted by atomic mass is 9.91. The molecule has 31 heavy (non-hydrogen) atoms. The van der Waals surface area contributed by atoms with Crippen LogP contribution in [0.15, 0.2) is 0 Å². The third kappa shape index (κ3) is 5.02. The van der Waals surface area contributed by atoms with Crippen LogP contribution < -0.4 is 5.32 Å². The van der Waals surface area contributed by atoms with Gasteiger partial charge in [0, 0.05) is 6.42 Å². The summed E-state index contributed by atoms with van der Waals surface area (Å²) in [6.45, 7) is 0.361. The topological polar surface area (TPSA) is 64.6 Å². The molecule has 0 spiro atoms. The van der Waals surface area contributed by atoms with Gasteiger partial charge in [-0.1, -0.05) is 0 Å². The smallest absolute Gasteiger partial charge is 0.460 e. The van der Waals surface area contributed by atoms with Crippen LogP contribution in [0.5, 0.6) is 0 Å². The summed E-state index contributed by atoms with van der Waals surface area (Å²) in [4.78, 5) is 22.5. The molecule has 0 saturated carbocycles. The van der Waals surface area contributed by atoms with Crippen molar-refractivity contribution in [2.24, 2.45) is 0 Å². The summed E-state index contributed by atoms with van der Waals surface area (Å²) in [5.41, 5.74) is 0. The van der Waals surface area contributed by atoms with Gasteiger partial charge in [0.15, 0.2) is 0 Å². The second kappa shape index (κ2) is 8.76. The maximum atomic E-state index is 13.8. The number of esters is 1. The molecule has 1 amide bonds. The van der Waals surface area contributed by atoms with Crippen LogP contribution in [0.3, 0.4) is 0 Å². The van der Waals surface area contributed by atoms with Crippen molar-refractivity contribution in [3.8, 4) is 0 Å². The van der Waals surface area contributed by atoms with E-state index in [4.69, 9.17) is 0 Å². The summed E-state index contributed by atoms with van der Waals surface area (Å²) >= 11 is 0. The minimum absolute atomic E-state index is 0.554. The summed E-state index contributed by atoms with van der Waals surface area (Å²) in [6.07, 6.45) is -12.3. The van der Waals surface area contributed by atoms with Crippen molar-refractivity contribution in [3.05, 3.63) is 0 Å². The number of methoxy groups -OCH3 is 1. The molecule has 1 atom stereocenters. The Balaban J connectivity index is 6.28. The van der Waals surface area contributed by atoms with Crippen molar-refractivity contribution in [2.45, 2.75) is 55.2 Å². The molecule has 0 rings (SSSR count). The first-order chi connectivity index (χ1) is 13.5. The zero-order valence-corrected chi connectivity index (χ0v) is 15.0. The van der Waals surface area contributed by atoms with Gasteiger partial charge in [-0.2, -0.15) is 57.1 Å². The van der Waals surface area contributed by atoms with Crippen molar-refractivity contribution < 1.29 is 76.1 Å². The van der Waals surface area contributed by atoms with Gasteiger partial charge in [-0.15, -0.1) is 0 Å². The van der Waals surface area contributed by atoms with E-state index in [1.807, 2.05) is 0 Å². The van der Waals surface area contributed by atoms with Crippen molar-refractivity contribution >= 4 is 12.1 Å². The lowest BCUT2D eigenvalue weighted by Crippen LogP contribution is -2.70. The Hall–Kier alpha value is -2.17. The van der Waals surface area contributed by atoms with E-state index in [0.29, 0.717) is 7.11 Å². The molecule has 0 aromatic rings. The Morgan fingerprint density at radius 1 is 0.774 bits per heavy atom. The predicted octanol–water partition coefficient (Wildman–Crippen LogP) is 4.40. The van der Waals surface area contributed by atoms with Gasteiger partial charge >= 0.3 is 47.9 Å². The van der Waals surface area contributed by atoms with Gasteiger partial charge in [0.05, 0.1) is 13.7 Å². The van der Waals surface area contributed by atoms with Crippen LogP contribution in [-0.4, -0.2) is 67.6 Å². The highest BCUT2D eigenvalue weighted by Gasteiger charge is 2.90. The Morgan fingerprint density at radius 2 is 1.19 bits per heavy atom. The number of halogens is 13. The molecule has 0 aromatic carbocycles. The van der Waals surface area contributed by atoms with E-state index in [-0.39, 0.29) is 0 Å². The third-order valence-electron chi connectivity index (χ3n) is 3.51. The molecule has 5 nitrogen and oxygen atoms in total. The van der Waals surface area contributed by atoms with E-state index in [0.717, 1.165) is 12.2 Å². The van der Waals surface area contributed by atoms with Crippen LogP contribution in [0, 0.1) is 0 Å². The molecule has 0 aliphatic heterocycles. The van der Waals surface area contributed by atoms with Gasteiger partial charge in [0.1, 0.15) is 6.04 Å². The lowest BCUT2D eigenvalue weighted by molar-refractivity contribution is -0.440. The molecule has 0 bridgehead atoms. The van der Waals surface area contributed by atoms with Gasteiger partial charge in [-0.3, -0.25) is 0 Å². The molecule has 0 aliphatic rings. The average molecular weight is 493 g/mol. The molecule has 0 saturated heterocycles. The standard InChI is InChI=1S/C13H12F13NO4/c1-3-31-6(28)5(27-7(29)30-2)4-8(14,15)9(16,17)10(18,19)11(20,21)12(22,23)13(24,25)26/h5H,3-4H2,1-2H3,(H,27,29). The number of alkyl carbamates (subject to hydrolysis) is 1. The van der Waals surface area contributed by atoms with Gasteiger partial charge in [0.2, 0.25) is 0 Å². The van der Waals surface area contributed by atoms with E-state index in [1.54, 1.807) is 0 Å². The third-order valence-corrected chi connectivity index (χ3v) is 3.51. The number of nitrogens with one attached hydrogen (secondary N) is 1. The number of ether oxygens (including phenoxy) is 2. The molecule has 1 N–H and O–H groups in total. The molecular weight excluding hydrogens is 481 g/mol. The fraction of sp³-hybridized carbons (Fsp3) is 0.846. The summed E-state index contributed by atoms with van der Waals surface area (Å²) in [6, 6.07) is -2.99. The second-order valence-electron chi connectivity index (χ2n) is 5.64. The van der Waals surface area contributed by atoms with Crippen molar-refractivity contribution in [1.29, 1.82) is 0 Å². The fourth-order valence-corrected chi connectivity index (χ4v) is 1.82. The summed E-state index contributed by atoms with van der Waals surface area (Å²) < 4.78 is 178. The van der Waals surface area contributed by atoms with Crippen LogP contribution in [0.4, 0.5) is 61.9 Å². The largest absolute Gasteiger partial charge is 0.464 e. The molecule has 0 aromatic heterocycles. The summed E-state index contributed by atoms with van der Waals surface area (Å²) in [7, 11) is 0.554. The SMILES string of the molecule is CCOC(=O)C(CC(F)(F)C(F)(F)C(F)(F)C(F)(F)C(F)(F)C(F)(F)F)NC(=O)OC. The van der Waals surface area contributed by atoms with Crippen LogP contribution in [-0.2, 0) is 14.3 Å². The minimum atomic E-state index is -8.07. The van der Waals surface area contributed by atoms with E-state index < -0.39 is 66.9 Å². The monoisotopic (exact) mass is 493 g/mol. The number of carbonyl (C=O) groups is 2. The summed E-state index contributed by atoms with van der Waals surface area (Å²) in [5, 5.41) is 1.11. The first kappa shape index (κ1) is 28.8. The number of carbonyl (C=O) groups excluding carboxylic acids is 2. The van der Waals surface area contributed by atoms with Crippen LogP contribution in [0.2, 0.25) is 0 Å². The Labute approximate surface area is 163 Å². The molecule has 0 aliphatic carbocycles. The van der Waals surface area contributed by atoms with Gasteiger partial charge < -0.3 is 14.8 Å². The van der Waals surface area contributed by atoms with Crippen LogP contribution in [0.25, 0.3) is 0 Å². The summed E-state index contributed by atoms with van der Waals surface area (Å²) in [5.74, 6) is -40.1. The first-order valence-corrected chi connectivity index (χ1v) is 7.52. The number of hydrogen-bond acceptors (Lipinski definition) is 4. The minimum Gasteiger partial charge on any atom is -0.464 e. The van der Waals surface area contributed by atoms with Gasteiger partial charge in [0.25, 0.3) is 0 Å². The molecule has 0 fully saturated rings. The molecule has 184 valence electrons. The second-order valence-corrected chi connectivity index (χ2v) is 5.64. The number of rotatable bonds is 9. The molecule has 0 heterocycles. The molecule has 0 radical (unpaired) electrons. The molecule has 18 heteroatoms. The van der Waals surface area contributed by atoms with Crippen LogP contribution in [0.1, 0.15) is 13.3 Å². The Bertz CT molecular complexity index is 662. The Kier molecular flexibility index (Phi) is 8.14. The maximum Gasteiger partial charge on any atom is 0.460 e. The molecular formula is C13H12F13NO4. The quantitative estimate of drug-likeness (QED) is 0.382. The van der Waals surface area contributed by atoms with Crippen molar-refractivity contribution in [2.75, 3.05) is 13.7 Å². The zero-order valence-electron chi connectivity index (χ0n) is 15.0. The van der Waals surface area contributed by atoms with Crippen LogP contribution >= 0.6 is 0 Å². The van der Waals surface area contributed by atoms with E-state index in [1.165, 1.54) is 0 Å². The maximum absolute atomic E-state index is 13.8. The number of hydrogen-bond donors (Lipinski definition) is 1. The highest BCUT2D eigenvalue weighted by atomic mass is 19.4. The predicted molar refractivity (Wildman–Crippen MR) is 71.4 cm³/mol. The number of alkyl halides is 13. The van der Waals surface area contributed by atoms with Gasteiger partial charge in [-0.05, 0) is 6.92 Å². The highest BCUT2D eigenvalue weighted by Crippen LogP contribution is 2.60. The Morgan fingerprint density at radius 3 is 1.55 bits per heavy atom. The van der Waals surface area contributed by atoms with E-state index in [9.17, 15) is 66.7 Å². The normalized spacial score (nSPS) is 15.3. The average Bonchev–Trinajstić information content (AvgIpc) is 2.59. The van der Waals surface area contributed by atoms with E-state index >= 15 is 0 Å². The van der Waals surface area contributed by atoms with Crippen molar-refractivity contribution in [3.63, 3.8) is 0 Å². The lowest BCUT2D eigenvalue weighted by Gasteiger charge is -2.40. The zero-order chi connectivity index (χ0) is 25.3. The fourth-order valence-electron chi connectivity index (χ4n) is 1.82. The highest BCUT2D eigenvalue weighted by molar-refractivity contribution is 5.81. The number of amides is 1.